The monoisotopic (exact) mass is 326 g/mol. The molecule has 4 nitrogen and oxygen atoms in total. The van der Waals surface area contributed by atoms with Gasteiger partial charge in [-0.2, -0.15) is 0 Å². The van der Waals surface area contributed by atoms with Gasteiger partial charge in [-0.3, -0.25) is 9.59 Å². The summed E-state index contributed by atoms with van der Waals surface area (Å²) >= 11 is 0. The molecule has 0 spiro atoms. The predicted molar refractivity (Wildman–Crippen MR) is 89.4 cm³/mol. The standard InChI is InChI=1S/C19H19FN2O2/c20-16-10-14(18(21)23)9-15(11-16)19(24)22-8-7-13-6-5-12-3-1-2-4-17(12)13/h1-4,9-11,13H,5-8H2,(H2,21,23)(H,22,24). The summed E-state index contributed by atoms with van der Waals surface area (Å²) in [5.41, 5.74) is 7.97. The van der Waals surface area contributed by atoms with Crippen molar-refractivity contribution in [1.82, 2.24) is 5.32 Å². The first-order valence-electron chi connectivity index (χ1n) is 8.01. The summed E-state index contributed by atoms with van der Waals surface area (Å²) in [6, 6.07) is 11.8. The maximum Gasteiger partial charge on any atom is 0.251 e. The molecule has 0 aromatic heterocycles. The lowest BCUT2D eigenvalue weighted by Crippen LogP contribution is -2.26. The van der Waals surface area contributed by atoms with Crippen molar-refractivity contribution in [2.45, 2.75) is 25.2 Å². The molecule has 1 aliphatic carbocycles. The molecular formula is C19H19FN2O2. The van der Waals surface area contributed by atoms with Crippen LogP contribution in [-0.2, 0) is 6.42 Å². The minimum atomic E-state index is -0.758. The van der Waals surface area contributed by atoms with E-state index in [1.807, 2.05) is 12.1 Å². The topological polar surface area (TPSA) is 72.2 Å². The molecule has 0 radical (unpaired) electrons. The number of primary amides is 1. The Morgan fingerprint density at radius 1 is 1.17 bits per heavy atom. The Labute approximate surface area is 139 Å². The maximum absolute atomic E-state index is 13.5. The first-order chi connectivity index (χ1) is 11.5. The SMILES string of the molecule is NC(=O)c1cc(F)cc(C(=O)NCCC2CCc3ccccc32)c1. The second-order valence-electron chi connectivity index (χ2n) is 6.07. The van der Waals surface area contributed by atoms with Gasteiger partial charge in [0, 0.05) is 17.7 Å². The van der Waals surface area contributed by atoms with Crippen molar-refractivity contribution in [1.29, 1.82) is 0 Å². The Bertz CT molecular complexity index is 789. The molecule has 0 aliphatic heterocycles. The number of halogens is 1. The summed E-state index contributed by atoms with van der Waals surface area (Å²) in [5, 5.41) is 2.79. The van der Waals surface area contributed by atoms with E-state index in [9.17, 15) is 14.0 Å². The highest BCUT2D eigenvalue weighted by molar-refractivity contribution is 5.99. The predicted octanol–water partition coefficient (Wildman–Crippen LogP) is 2.77. The summed E-state index contributed by atoms with van der Waals surface area (Å²) < 4.78 is 13.5. The minimum Gasteiger partial charge on any atom is -0.366 e. The summed E-state index contributed by atoms with van der Waals surface area (Å²) in [5.74, 6) is -1.37. The molecule has 5 heteroatoms. The summed E-state index contributed by atoms with van der Waals surface area (Å²) in [6.07, 6.45) is 2.99. The number of nitrogens with one attached hydrogen (secondary N) is 1. The number of carbonyl (C=O) groups excluding carboxylic acids is 2. The van der Waals surface area contributed by atoms with Gasteiger partial charge in [0.2, 0.25) is 5.91 Å². The van der Waals surface area contributed by atoms with Gasteiger partial charge in [-0.05, 0) is 54.5 Å². The molecular weight excluding hydrogens is 307 g/mol. The minimum absolute atomic E-state index is 0.00938. The van der Waals surface area contributed by atoms with E-state index in [-0.39, 0.29) is 11.1 Å². The highest BCUT2D eigenvalue weighted by Gasteiger charge is 2.21. The van der Waals surface area contributed by atoms with Gasteiger partial charge in [0.1, 0.15) is 5.82 Å². The average molecular weight is 326 g/mol. The lowest BCUT2D eigenvalue weighted by molar-refractivity contribution is 0.0952. The van der Waals surface area contributed by atoms with Gasteiger partial charge < -0.3 is 11.1 Å². The van der Waals surface area contributed by atoms with Crippen molar-refractivity contribution in [2.75, 3.05) is 6.54 Å². The van der Waals surface area contributed by atoms with Crippen molar-refractivity contribution in [3.63, 3.8) is 0 Å². The molecule has 0 saturated heterocycles. The molecule has 124 valence electrons. The maximum atomic E-state index is 13.5. The Hall–Kier alpha value is -2.69. The Kier molecular flexibility index (Phi) is 4.60. The molecule has 1 unspecified atom stereocenters. The largest absolute Gasteiger partial charge is 0.366 e. The van der Waals surface area contributed by atoms with Crippen LogP contribution in [0.1, 0.15) is 50.6 Å². The second kappa shape index (κ2) is 6.83. The van der Waals surface area contributed by atoms with Crippen molar-refractivity contribution < 1.29 is 14.0 Å². The average Bonchev–Trinajstić information content (AvgIpc) is 2.97. The van der Waals surface area contributed by atoms with Crippen molar-refractivity contribution in [3.8, 4) is 0 Å². The highest BCUT2D eigenvalue weighted by atomic mass is 19.1. The molecule has 1 atom stereocenters. The first kappa shape index (κ1) is 16.2. The first-order valence-corrected chi connectivity index (χ1v) is 8.01. The van der Waals surface area contributed by atoms with Crippen molar-refractivity contribution in [3.05, 3.63) is 70.5 Å². The molecule has 1 aliphatic rings. The zero-order valence-corrected chi connectivity index (χ0v) is 13.2. The molecule has 3 rings (SSSR count). The molecule has 0 fully saturated rings. The third kappa shape index (κ3) is 3.45. The van der Waals surface area contributed by atoms with Gasteiger partial charge in [0.15, 0.2) is 0 Å². The van der Waals surface area contributed by atoms with Crippen LogP contribution < -0.4 is 11.1 Å². The van der Waals surface area contributed by atoms with Gasteiger partial charge in [-0.1, -0.05) is 24.3 Å². The molecule has 2 aromatic carbocycles. The van der Waals surface area contributed by atoms with E-state index in [1.165, 1.54) is 17.2 Å². The van der Waals surface area contributed by atoms with Crippen LogP contribution in [0.4, 0.5) is 4.39 Å². The van der Waals surface area contributed by atoms with Crippen LogP contribution in [0, 0.1) is 5.82 Å². The van der Waals surface area contributed by atoms with E-state index >= 15 is 0 Å². The number of fused-ring (bicyclic) bond motifs is 1. The summed E-state index contributed by atoms with van der Waals surface area (Å²) in [7, 11) is 0. The fraction of sp³-hybridized carbons (Fsp3) is 0.263. The van der Waals surface area contributed by atoms with E-state index in [1.54, 1.807) is 0 Å². The lowest BCUT2D eigenvalue weighted by atomic mass is 9.98. The van der Waals surface area contributed by atoms with Gasteiger partial charge >= 0.3 is 0 Å². The Balaban J connectivity index is 1.60. The van der Waals surface area contributed by atoms with Crippen LogP contribution >= 0.6 is 0 Å². The van der Waals surface area contributed by atoms with Crippen LogP contribution in [-0.4, -0.2) is 18.4 Å². The third-order valence-electron chi connectivity index (χ3n) is 4.48. The number of aryl methyl sites for hydroxylation is 1. The number of hydrogen-bond acceptors (Lipinski definition) is 2. The van der Waals surface area contributed by atoms with Gasteiger partial charge in [0.05, 0.1) is 0 Å². The van der Waals surface area contributed by atoms with Gasteiger partial charge in [-0.15, -0.1) is 0 Å². The fourth-order valence-corrected chi connectivity index (χ4v) is 3.27. The van der Waals surface area contributed by atoms with Crippen molar-refractivity contribution >= 4 is 11.8 Å². The van der Waals surface area contributed by atoms with Crippen LogP contribution in [0.3, 0.4) is 0 Å². The molecule has 0 bridgehead atoms. The molecule has 0 saturated carbocycles. The molecule has 3 N–H and O–H groups in total. The number of nitrogens with two attached hydrogens (primary N) is 1. The van der Waals surface area contributed by atoms with Crippen LogP contribution in [0.15, 0.2) is 42.5 Å². The normalized spacial score (nSPS) is 15.8. The van der Waals surface area contributed by atoms with Gasteiger partial charge in [0.25, 0.3) is 5.91 Å². The van der Waals surface area contributed by atoms with E-state index < -0.39 is 17.6 Å². The zero-order valence-electron chi connectivity index (χ0n) is 13.2. The highest BCUT2D eigenvalue weighted by Crippen LogP contribution is 2.34. The van der Waals surface area contributed by atoms with E-state index in [4.69, 9.17) is 5.73 Å². The zero-order chi connectivity index (χ0) is 17.1. The van der Waals surface area contributed by atoms with E-state index in [2.05, 4.69) is 17.4 Å². The third-order valence-corrected chi connectivity index (χ3v) is 4.48. The number of benzene rings is 2. The molecule has 0 heterocycles. The molecule has 2 aromatic rings. The van der Waals surface area contributed by atoms with Crippen molar-refractivity contribution in [2.24, 2.45) is 5.73 Å². The number of carbonyl (C=O) groups is 2. The van der Waals surface area contributed by atoms with Gasteiger partial charge in [-0.25, -0.2) is 4.39 Å². The fourth-order valence-electron chi connectivity index (χ4n) is 3.27. The molecule has 24 heavy (non-hydrogen) atoms. The Morgan fingerprint density at radius 3 is 2.71 bits per heavy atom. The summed E-state index contributed by atoms with van der Waals surface area (Å²) in [4.78, 5) is 23.3. The smallest absolute Gasteiger partial charge is 0.251 e. The van der Waals surface area contributed by atoms with E-state index in [0.29, 0.717) is 12.5 Å². The van der Waals surface area contributed by atoms with Crippen LogP contribution in [0.2, 0.25) is 0 Å². The van der Waals surface area contributed by atoms with Crippen LogP contribution in [0.5, 0.6) is 0 Å². The Morgan fingerprint density at radius 2 is 1.92 bits per heavy atom. The molecule has 2 amide bonds. The summed E-state index contributed by atoms with van der Waals surface area (Å²) in [6.45, 7) is 0.500. The van der Waals surface area contributed by atoms with Crippen LogP contribution in [0.25, 0.3) is 0 Å². The lowest BCUT2D eigenvalue weighted by Gasteiger charge is -2.12. The number of amides is 2. The quantitative estimate of drug-likeness (QED) is 0.887. The number of hydrogen-bond donors (Lipinski definition) is 2. The van der Waals surface area contributed by atoms with E-state index in [0.717, 1.165) is 31.4 Å². The number of rotatable bonds is 5. The second-order valence-corrected chi connectivity index (χ2v) is 6.07.